The lowest BCUT2D eigenvalue weighted by atomic mass is 10.1. The van der Waals surface area contributed by atoms with Crippen molar-refractivity contribution in [2.75, 3.05) is 44.6 Å². The first kappa shape index (κ1) is 24.2. The Morgan fingerprint density at radius 1 is 0.857 bits per heavy atom. The third kappa shape index (κ3) is 4.44. The van der Waals surface area contributed by atoms with Gasteiger partial charge in [0.25, 0.3) is 15.9 Å². The molecule has 3 aromatic carbocycles. The van der Waals surface area contributed by atoms with Gasteiger partial charge in [0.05, 0.1) is 44.6 Å². The molecular formula is C25H26N2O7S. The molecule has 0 saturated heterocycles. The Hall–Kier alpha value is -3.92. The van der Waals surface area contributed by atoms with Gasteiger partial charge in [0, 0.05) is 24.4 Å². The number of nitrogens with zero attached hydrogens (tertiary/aromatic N) is 1. The Morgan fingerprint density at radius 2 is 1.51 bits per heavy atom. The normalized spacial score (nSPS) is 12.6. The van der Waals surface area contributed by atoms with Crippen molar-refractivity contribution in [2.24, 2.45) is 0 Å². The molecule has 9 nitrogen and oxygen atoms in total. The van der Waals surface area contributed by atoms with Crippen molar-refractivity contribution in [3.8, 4) is 23.0 Å². The minimum Gasteiger partial charge on any atom is -0.496 e. The largest absolute Gasteiger partial charge is 0.496 e. The first-order valence-electron chi connectivity index (χ1n) is 10.7. The van der Waals surface area contributed by atoms with Gasteiger partial charge in [-0.15, -0.1) is 0 Å². The molecule has 0 aliphatic carbocycles. The van der Waals surface area contributed by atoms with E-state index < -0.39 is 15.9 Å². The van der Waals surface area contributed by atoms with Gasteiger partial charge in [-0.3, -0.25) is 9.10 Å². The number of fused-ring (bicyclic) bond motifs is 1. The summed E-state index contributed by atoms with van der Waals surface area (Å²) in [6.07, 6.45) is 0.625. The molecule has 4 rings (SSSR count). The fourth-order valence-corrected chi connectivity index (χ4v) is 5.59. The van der Waals surface area contributed by atoms with Gasteiger partial charge in [0.1, 0.15) is 5.75 Å². The van der Waals surface area contributed by atoms with Crippen LogP contribution in [0, 0.1) is 0 Å². The maximum Gasteiger partial charge on any atom is 0.264 e. The lowest BCUT2D eigenvalue weighted by Crippen LogP contribution is -2.29. The Morgan fingerprint density at radius 3 is 2.14 bits per heavy atom. The second-order valence-electron chi connectivity index (χ2n) is 7.69. The van der Waals surface area contributed by atoms with Gasteiger partial charge < -0.3 is 24.3 Å². The number of hydrogen-bond acceptors (Lipinski definition) is 7. The SMILES string of the molecule is COc1ccc(S(=O)(=O)N2CCc3ccccc32)cc1C(=O)Nc1cc(OC)c(OC)c(OC)c1. The second kappa shape index (κ2) is 9.75. The molecule has 0 radical (unpaired) electrons. The van der Waals surface area contributed by atoms with E-state index in [0.717, 1.165) is 5.56 Å². The van der Waals surface area contributed by atoms with Crippen LogP contribution >= 0.6 is 0 Å². The Balaban J connectivity index is 1.69. The molecule has 1 aliphatic rings. The second-order valence-corrected chi connectivity index (χ2v) is 9.55. The first-order chi connectivity index (χ1) is 16.8. The van der Waals surface area contributed by atoms with Crippen molar-refractivity contribution in [3.05, 3.63) is 65.7 Å². The van der Waals surface area contributed by atoms with Crippen LogP contribution in [0.5, 0.6) is 23.0 Å². The van der Waals surface area contributed by atoms with Crippen LogP contribution in [0.25, 0.3) is 0 Å². The van der Waals surface area contributed by atoms with Gasteiger partial charge in [0.2, 0.25) is 5.75 Å². The lowest BCUT2D eigenvalue weighted by molar-refractivity contribution is 0.102. The van der Waals surface area contributed by atoms with Crippen LogP contribution in [0.1, 0.15) is 15.9 Å². The third-order valence-electron chi connectivity index (χ3n) is 5.77. The van der Waals surface area contributed by atoms with Crippen LogP contribution in [-0.2, 0) is 16.4 Å². The van der Waals surface area contributed by atoms with Crippen LogP contribution in [-0.4, -0.2) is 49.3 Å². The van der Waals surface area contributed by atoms with Crippen molar-refractivity contribution in [1.29, 1.82) is 0 Å². The molecular weight excluding hydrogens is 472 g/mol. The maximum atomic E-state index is 13.5. The van der Waals surface area contributed by atoms with E-state index >= 15 is 0 Å². The quantitative estimate of drug-likeness (QED) is 0.505. The number of amides is 1. The molecule has 10 heteroatoms. The van der Waals surface area contributed by atoms with E-state index in [2.05, 4.69) is 5.32 Å². The predicted molar refractivity (Wildman–Crippen MR) is 132 cm³/mol. The summed E-state index contributed by atoms with van der Waals surface area (Å²) in [4.78, 5) is 13.2. The average Bonchev–Trinajstić information content (AvgIpc) is 3.32. The predicted octanol–water partition coefficient (Wildman–Crippen LogP) is 3.72. The molecule has 0 unspecified atom stereocenters. The number of anilines is 2. The van der Waals surface area contributed by atoms with Crippen molar-refractivity contribution in [2.45, 2.75) is 11.3 Å². The average molecular weight is 499 g/mol. The number of carbonyl (C=O) groups excluding carboxylic acids is 1. The standard InChI is InChI=1S/C25H26N2O7S/c1-31-21-10-9-18(35(29,30)27-12-11-16-7-5-6-8-20(16)27)15-19(21)25(28)26-17-13-22(32-2)24(34-4)23(14-17)33-3/h5-10,13-15H,11-12H2,1-4H3,(H,26,28). The van der Waals surface area contributed by atoms with Crippen LogP contribution in [0.2, 0.25) is 0 Å². The number of carbonyl (C=O) groups is 1. The van der Waals surface area contributed by atoms with Gasteiger partial charge in [-0.2, -0.15) is 0 Å². The maximum absolute atomic E-state index is 13.5. The topological polar surface area (TPSA) is 103 Å². The zero-order chi connectivity index (χ0) is 25.2. The summed E-state index contributed by atoms with van der Waals surface area (Å²) in [5, 5.41) is 2.75. The molecule has 0 aromatic heterocycles. The van der Waals surface area contributed by atoms with E-state index in [1.54, 1.807) is 24.3 Å². The summed E-state index contributed by atoms with van der Waals surface area (Å²) in [7, 11) is 1.94. The highest BCUT2D eigenvalue weighted by Gasteiger charge is 2.31. The fourth-order valence-electron chi connectivity index (χ4n) is 4.06. The number of rotatable bonds is 8. The van der Waals surface area contributed by atoms with Gasteiger partial charge in [0.15, 0.2) is 11.5 Å². The number of hydrogen-bond donors (Lipinski definition) is 1. The molecule has 0 spiro atoms. The Labute approximate surface area is 204 Å². The van der Waals surface area contributed by atoms with Crippen LogP contribution < -0.4 is 28.6 Å². The van der Waals surface area contributed by atoms with E-state index in [0.29, 0.717) is 41.6 Å². The minimum atomic E-state index is -3.90. The summed E-state index contributed by atoms with van der Waals surface area (Å²) in [6, 6.07) is 14.8. The van der Waals surface area contributed by atoms with E-state index in [-0.39, 0.29) is 16.2 Å². The molecule has 1 aliphatic heterocycles. The van der Waals surface area contributed by atoms with E-state index in [4.69, 9.17) is 18.9 Å². The monoisotopic (exact) mass is 498 g/mol. The molecule has 1 amide bonds. The fraction of sp³-hybridized carbons (Fsp3) is 0.240. The number of sulfonamides is 1. The highest BCUT2D eigenvalue weighted by Crippen LogP contribution is 2.40. The van der Waals surface area contributed by atoms with Crippen molar-refractivity contribution < 1.29 is 32.2 Å². The Kier molecular flexibility index (Phi) is 6.74. The molecule has 1 N–H and O–H groups in total. The van der Waals surface area contributed by atoms with Gasteiger partial charge in [-0.05, 0) is 36.2 Å². The Bertz CT molecular complexity index is 1350. The van der Waals surface area contributed by atoms with Crippen LogP contribution in [0.4, 0.5) is 11.4 Å². The summed E-state index contributed by atoms with van der Waals surface area (Å²) in [6.45, 7) is 0.334. The molecule has 0 fully saturated rings. The smallest absolute Gasteiger partial charge is 0.264 e. The zero-order valence-electron chi connectivity index (χ0n) is 19.8. The molecule has 0 atom stereocenters. The summed E-state index contributed by atoms with van der Waals surface area (Å²) < 4.78 is 49.6. The number of benzene rings is 3. The molecule has 0 bridgehead atoms. The summed E-state index contributed by atoms with van der Waals surface area (Å²) in [5.74, 6) is 0.770. The van der Waals surface area contributed by atoms with Crippen molar-refractivity contribution in [3.63, 3.8) is 0 Å². The van der Waals surface area contributed by atoms with Gasteiger partial charge in [-0.1, -0.05) is 18.2 Å². The molecule has 0 saturated carbocycles. The van der Waals surface area contributed by atoms with Crippen molar-refractivity contribution >= 4 is 27.3 Å². The lowest BCUT2D eigenvalue weighted by Gasteiger charge is -2.20. The van der Waals surface area contributed by atoms with Gasteiger partial charge >= 0.3 is 0 Å². The third-order valence-corrected chi connectivity index (χ3v) is 7.58. The molecule has 1 heterocycles. The number of nitrogens with one attached hydrogen (secondary N) is 1. The van der Waals surface area contributed by atoms with Crippen LogP contribution in [0.15, 0.2) is 59.5 Å². The highest BCUT2D eigenvalue weighted by atomic mass is 32.2. The summed E-state index contributed by atoms with van der Waals surface area (Å²) >= 11 is 0. The minimum absolute atomic E-state index is 0.00922. The number of methoxy groups -OCH3 is 4. The molecule has 35 heavy (non-hydrogen) atoms. The number of para-hydroxylation sites is 1. The van der Waals surface area contributed by atoms with Gasteiger partial charge in [-0.25, -0.2) is 8.42 Å². The molecule has 3 aromatic rings. The number of ether oxygens (including phenoxy) is 4. The highest BCUT2D eigenvalue weighted by molar-refractivity contribution is 7.92. The van der Waals surface area contributed by atoms with E-state index in [1.165, 1.54) is 50.9 Å². The van der Waals surface area contributed by atoms with Crippen molar-refractivity contribution in [1.82, 2.24) is 0 Å². The first-order valence-corrected chi connectivity index (χ1v) is 12.2. The molecule has 184 valence electrons. The van der Waals surface area contributed by atoms with E-state index in [9.17, 15) is 13.2 Å². The van der Waals surface area contributed by atoms with E-state index in [1.807, 2.05) is 12.1 Å². The van der Waals surface area contributed by atoms with Crippen LogP contribution in [0.3, 0.4) is 0 Å². The zero-order valence-corrected chi connectivity index (χ0v) is 20.6. The summed E-state index contributed by atoms with van der Waals surface area (Å²) in [5.41, 5.74) is 2.04.